The number of hydrogen-bond acceptors (Lipinski definition) is 3. The first-order valence-corrected chi connectivity index (χ1v) is 8.39. The number of amides is 1. The van der Waals surface area contributed by atoms with Gasteiger partial charge in [-0.05, 0) is 57.9 Å². The molecular formula is C17H34N2O2. The lowest BCUT2D eigenvalue weighted by Crippen LogP contribution is -2.42. The lowest BCUT2D eigenvalue weighted by atomic mass is 9.96. The first kappa shape index (κ1) is 18.3. The molecule has 0 bridgehead atoms. The smallest absolute Gasteiger partial charge is 0.407 e. The van der Waals surface area contributed by atoms with E-state index in [0.717, 1.165) is 6.54 Å². The average molecular weight is 298 g/mol. The lowest BCUT2D eigenvalue weighted by molar-refractivity contribution is 0.0517. The standard InChI is InChI=1S/C17H34N2O2/c1-12(2)13(3)10-18-15-9-7-8-14(15)11-19-16(20)21-17(4,5)6/h12-15,18H,7-11H2,1-6H3,(H,19,20). The number of hydrogen-bond donors (Lipinski definition) is 2. The Hall–Kier alpha value is -0.770. The van der Waals surface area contributed by atoms with Crippen LogP contribution in [-0.2, 0) is 4.74 Å². The Labute approximate surface area is 130 Å². The molecule has 1 rings (SSSR count). The third kappa shape index (κ3) is 7.16. The first-order chi connectivity index (χ1) is 9.69. The molecule has 0 heterocycles. The molecule has 21 heavy (non-hydrogen) atoms. The molecule has 0 spiro atoms. The molecule has 1 aliphatic carbocycles. The molecule has 0 radical (unpaired) electrons. The highest BCUT2D eigenvalue weighted by atomic mass is 16.6. The van der Waals surface area contributed by atoms with Gasteiger partial charge in [0.05, 0.1) is 0 Å². The third-order valence-electron chi connectivity index (χ3n) is 4.41. The minimum absolute atomic E-state index is 0.302. The molecule has 3 atom stereocenters. The number of carbonyl (C=O) groups is 1. The normalized spacial score (nSPS) is 24.1. The van der Waals surface area contributed by atoms with E-state index in [2.05, 4.69) is 31.4 Å². The summed E-state index contributed by atoms with van der Waals surface area (Å²) in [4.78, 5) is 11.7. The van der Waals surface area contributed by atoms with Crippen LogP contribution in [0.4, 0.5) is 4.79 Å². The van der Waals surface area contributed by atoms with Crippen LogP contribution < -0.4 is 10.6 Å². The molecule has 1 fully saturated rings. The van der Waals surface area contributed by atoms with Crippen LogP contribution in [-0.4, -0.2) is 30.8 Å². The summed E-state index contributed by atoms with van der Waals surface area (Å²) in [6.07, 6.45) is 3.34. The minimum Gasteiger partial charge on any atom is -0.444 e. The molecule has 3 unspecified atom stereocenters. The fourth-order valence-corrected chi connectivity index (χ4v) is 2.65. The minimum atomic E-state index is -0.426. The third-order valence-corrected chi connectivity index (χ3v) is 4.41. The monoisotopic (exact) mass is 298 g/mol. The van der Waals surface area contributed by atoms with Gasteiger partial charge in [0.2, 0.25) is 0 Å². The Bertz CT molecular complexity index is 323. The zero-order valence-corrected chi connectivity index (χ0v) is 14.7. The summed E-state index contributed by atoms with van der Waals surface area (Å²) in [7, 11) is 0. The Kier molecular flexibility index (Phi) is 6.98. The van der Waals surface area contributed by atoms with E-state index in [0.29, 0.717) is 30.3 Å². The van der Waals surface area contributed by atoms with Crippen molar-refractivity contribution in [1.82, 2.24) is 10.6 Å². The van der Waals surface area contributed by atoms with Gasteiger partial charge in [-0.1, -0.05) is 27.2 Å². The highest BCUT2D eigenvalue weighted by Gasteiger charge is 2.28. The zero-order valence-electron chi connectivity index (χ0n) is 14.7. The number of alkyl carbamates (subject to hydrolysis) is 1. The van der Waals surface area contributed by atoms with E-state index in [1.54, 1.807) is 0 Å². The van der Waals surface area contributed by atoms with Crippen LogP contribution in [0.3, 0.4) is 0 Å². The van der Waals surface area contributed by atoms with Crippen molar-refractivity contribution in [1.29, 1.82) is 0 Å². The molecule has 4 heteroatoms. The van der Waals surface area contributed by atoms with Gasteiger partial charge in [-0.15, -0.1) is 0 Å². The van der Waals surface area contributed by atoms with Crippen molar-refractivity contribution in [3.63, 3.8) is 0 Å². The number of rotatable bonds is 6. The topological polar surface area (TPSA) is 50.4 Å². The Morgan fingerprint density at radius 1 is 1.24 bits per heavy atom. The molecular weight excluding hydrogens is 264 g/mol. The van der Waals surface area contributed by atoms with E-state index >= 15 is 0 Å². The van der Waals surface area contributed by atoms with Gasteiger partial charge in [-0.25, -0.2) is 4.79 Å². The van der Waals surface area contributed by atoms with Crippen molar-refractivity contribution >= 4 is 6.09 Å². The van der Waals surface area contributed by atoms with Crippen LogP contribution in [0, 0.1) is 17.8 Å². The van der Waals surface area contributed by atoms with E-state index in [1.165, 1.54) is 19.3 Å². The van der Waals surface area contributed by atoms with Crippen LogP contribution in [0.15, 0.2) is 0 Å². The summed E-state index contributed by atoms with van der Waals surface area (Å²) in [6, 6.07) is 0.529. The van der Waals surface area contributed by atoms with Gasteiger partial charge in [-0.2, -0.15) is 0 Å². The highest BCUT2D eigenvalue weighted by Crippen LogP contribution is 2.25. The van der Waals surface area contributed by atoms with Crippen LogP contribution in [0.25, 0.3) is 0 Å². The maximum Gasteiger partial charge on any atom is 0.407 e. The number of nitrogens with one attached hydrogen (secondary N) is 2. The highest BCUT2D eigenvalue weighted by molar-refractivity contribution is 5.67. The molecule has 2 N–H and O–H groups in total. The van der Waals surface area contributed by atoms with E-state index in [4.69, 9.17) is 4.74 Å². The lowest BCUT2D eigenvalue weighted by Gasteiger charge is -2.25. The Morgan fingerprint density at radius 3 is 2.48 bits per heavy atom. The molecule has 1 saturated carbocycles. The molecule has 0 saturated heterocycles. The maximum absolute atomic E-state index is 11.7. The van der Waals surface area contributed by atoms with Gasteiger partial charge in [0, 0.05) is 12.6 Å². The van der Waals surface area contributed by atoms with E-state index < -0.39 is 5.60 Å². The summed E-state index contributed by atoms with van der Waals surface area (Å²) < 4.78 is 5.29. The van der Waals surface area contributed by atoms with Gasteiger partial charge >= 0.3 is 6.09 Å². The van der Waals surface area contributed by atoms with Crippen molar-refractivity contribution in [3.05, 3.63) is 0 Å². The SMILES string of the molecule is CC(C)C(C)CNC1CCCC1CNC(=O)OC(C)(C)C. The predicted molar refractivity (Wildman–Crippen MR) is 87.4 cm³/mol. The predicted octanol–water partition coefficient (Wildman–Crippen LogP) is 3.56. The van der Waals surface area contributed by atoms with Gasteiger partial charge in [0.25, 0.3) is 0 Å². The van der Waals surface area contributed by atoms with E-state index in [9.17, 15) is 4.79 Å². The van der Waals surface area contributed by atoms with Crippen LogP contribution in [0.1, 0.15) is 60.8 Å². The second-order valence-corrected chi connectivity index (χ2v) is 7.81. The van der Waals surface area contributed by atoms with Gasteiger partial charge in [-0.3, -0.25) is 0 Å². The number of ether oxygens (including phenoxy) is 1. The van der Waals surface area contributed by atoms with Gasteiger partial charge in [0.15, 0.2) is 0 Å². The second kappa shape index (κ2) is 8.02. The second-order valence-electron chi connectivity index (χ2n) is 7.81. The summed E-state index contributed by atoms with van der Waals surface area (Å²) in [5, 5.41) is 6.61. The summed E-state index contributed by atoms with van der Waals surface area (Å²) in [5.74, 6) is 1.92. The van der Waals surface area contributed by atoms with Gasteiger partial charge < -0.3 is 15.4 Å². The molecule has 124 valence electrons. The maximum atomic E-state index is 11.7. The quantitative estimate of drug-likeness (QED) is 0.788. The molecule has 1 amide bonds. The van der Waals surface area contributed by atoms with Crippen molar-refractivity contribution in [3.8, 4) is 0 Å². The zero-order chi connectivity index (χ0) is 16.0. The van der Waals surface area contributed by atoms with Crippen molar-refractivity contribution in [2.75, 3.05) is 13.1 Å². The molecule has 0 aliphatic heterocycles. The van der Waals surface area contributed by atoms with Gasteiger partial charge in [0.1, 0.15) is 5.60 Å². The molecule has 0 aromatic rings. The fourth-order valence-electron chi connectivity index (χ4n) is 2.65. The Balaban J connectivity index is 2.32. The first-order valence-electron chi connectivity index (χ1n) is 8.39. The molecule has 0 aromatic heterocycles. The van der Waals surface area contributed by atoms with Crippen molar-refractivity contribution in [2.45, 2.75) is 72.4 Å². The average Bonchev–Trinajstić information content (AvgIpc) is 2.78. The summed E-state index contributed by atoms with van der Waals surface area (Å²) in [5.41, 5.74) is -0.426. The van der Waals surface area contributed by atoms with Crippen molar-refractivity contribution in [2.24, 2.45) is 17.8 Å². The van der Waals surface area contributed by atoms with E-state index in [1.807, 2.05) is 20.8 Å². The van der Waals surface area contributed by atoms with Crippen LogP contribution in [0.5, 0.6) is 0 Å². The Morgan fingerprint density at radius 2 is 1.90 bits per heavy atom. The summed E-state index contributed by atoms with van der Waals surface area (Å²) >= 11 is 0. The largest absolute Gasteiger partial charge is 0.444 e. The van der Waals surface area contributed by atoms with Crippen LogP contribution in [0.2, 0.25) is 0 Å². The van der Waals surface area contributed by atoms with E-state index in [-0.39, 0.29) is 6.09 Å². The molecule has 1 aliphatic rings. The van der Waals surface area contributed by atoms with Crippen LogP contribution >= 0.6 is 0 Å². The molecule has 4 nitrogen and oxygen atoms in total. The molecule has 0 aromatic carbocycles. The number of carbonyl (C=O) groups excluding carboxylic acids is 1. The summed E-state index contributed by atoms with van der Waals surface area (Å²) in [6.45, 7) is 14.3. The fraction of sp³-hybridized carbons (Fsp3) is 0.941. The van der Waals surface area contributed by atoms with Crippen molar-refractivity contribution < 1.29 is 9.53 Å².